The quantitative estimate of drug-likeness (QED) is 0.796. The molecule has 0 spiro atoms. The number of likely N-dealkylation sites (tertiary alicyclic amines) is 1. The van der Waals surface area contributed by atoms with E-state index in [1.165, 1.54) is 25.7 Å². The second-order valence-corrected chi connectivity index (χ2v) is 6.78. The van der Waals surface area contributed by atoms with Crippen LogP contribution in [0, 0.1) is 17.8 Å². The number of piperidine rings is 1. The lowest BCUT2D eigenvalue weighted by Gasteiger charge is -2.46. The number of aliphatic carboxylic acids is 1. The second kappa shape index (κ2) is 6.20. The van der Waals surface area contributed by atoms with Crippen molar-refractivity contribution in [1.29, 1.82) is 0 Å². The SMILES string of the molecule is O=C(O)C1CC=CCC1C(=O)N1CCCC2CCCCC21. The lowest BCUT2D eigenvalue weighted by Crippen LogP contribution is -2.53. The summed E-state index contributed by atoms with van der Waals surface area (Å²) in [5, 5.41) is 9.38. The molecule has 116 valence electrons. The number of carbonyl (C=O) groups is 2. The van der Waals surface area contributed by atoms with E-state index in [9.17, 15) is 14.7 Å². The van der Waals surface area contributed by atoms with E-state index >= 15 is 0 Å². The molecule has 2 fully saturated rings. The molecule has 1 aliphatic heterocycles. The van der Waals surface area contributed by atoms with Gasteiger partial charge in [-0.2, -0.15) is 0 Å². The molecule has 4 nitrogen and oxygen atoms in total. The molecule has 4 atom stereocenters. The van der Waals surface area contributed by atoms with Gasteiger partial charge in [0.05, 0.1) is 11.8 Å². The molecule has 0 radical (unpaired) electrons. The van der Waals surface area contributed by atoms with Crippen LogP contribution in [-0.2, 0) is 9.59 Å². The van der Waals surface area contributed by atoms with Crippen LogP contribution < -0.4 is 0 Å². The molecule has 1 heterocycles. The van der Waals surface area contributed by atoms with Crippen molar-refractivity contribution >= 4 is 11.9 Å². The monoisotopic (exact) mass is 291 g/mol. The van der Waals surface area contributed by atoms with Crippen LogP contribution in [0.15, 0.2) is 12.2 Å². The standard InChI is InChI=1S/C17H25NO3/c19-16(13-8-2-3-9-14(13)17(20)21)18-11-5-7-12-6-1-4-10-15(12)18/h2-3,12-15H,1,4-11H2,(H,20,21). The van der Waals surface area contributed by atoms with E-state index < -0.39 is 11.9 Å². The van der Waals surface area contributed by atoms with Gasteiger partial charge in [0, 0.05) is 12.6 Å². The third kappa shape index (κ3) is 2.85. The van der Waals surface area contributed by atoms with Crippen LogP contribution >= 0.6 is 0 Å². The number of carbonyl (C=O) groups excluding carboxylic acids is 1. The summed E-state index contributed by atoms with van der Waals surface area (Å²) in [6, 6.07) is 0.375. The summed E-state index contributed by atoms with van der Waals surface area (Å²) in [7, 11) is 0. The average molecular weight is 291 g/mol. The Morgan fingerprint density at radius 2 is 1.62 bits per heavy atom. The van der Waals surface area contributed by atoms with Crippen LogP contribution in [0.5, 0.6) is 0 Å². The minimum Gasteiger partial charge on any atom is -0.481 e. The van der Waals surface area contributed by atoms with E-state index in [-0.39, 0.29) is 11.8 Å². The summed E-state index contributed by atoms with van der Waals surface area (Å²) in [4.78, 5) is 26.4. The number of carboxylic acid groups (broad SMARTS) is 1. The lowest BCUT2D eigenvalue weighted by atomic mass is 9.76. The number of nitrogens with zero attached hydrogens (tertiary/aromatic N) is 1. The van der Waals surface area contributed by atoms with Crippen LogP contribution in [0.25, 0.3) is 0 Å². The van der Waals surface area contributed by atoms with E-state index in [1.807, 2.05) is 17.1 Å². The molecule has 3 aliphatic rings. The van der Waals surface area contributed by atoms with Gasteiger partial charge in [-0.15, -0.1) is 0 Å². The number of rotatable bonds is 2. The van der Waals surface area contributed by atoms with Crippen LogP contribution in [0.4, 0.5) is 0 Å². The van der Waals surface area contributed by atoms with Crippen molar-refractivity contribution in [3.05, 3.63) is 12.2 Å². The first-order valence-corrected chi connectivity index (χ1v) is 8.36. The van der Waals surface area contributed by atoms with Gasteiger partial charge in [-0.1, -0.05) is 25.0 Å². The molecule has 0 aromatic carbocycles. The molecule has 1 saturated heterocycles. The van der Waals surface area contributed by atoms with Crippen LogP contribution in [0.1, 0.15) is 51.4 Å². The van der Waals surface area contributed by atoms with Crippen molar-refractivity contribution in [3.8, 4) is 0 Å². The Bertz CT molecular complexity index is 443. The molecule has 4 heteroatoms. The fraction of sp³-hybridized carbons (Fsp3) is 0.765. The van der Waals surface area contributed by atoms with Crippen molar-refractivity contribution in [2.45, 2.75) is 57.4 Å². The highest BCUT2D eigenvalue weighted by Crippen LogP contribution is 2.37. The zero-order valence-corrected chi connectivity index (χ0v) is 12.5. The molecule has 2 aliphatic carbocycles. The first kappa shape index (κ1) is 14.6. The van der Waals surface area contributed by atoms with Gasteiger partial charge in [-0.05, 0) is 44.4 Å². The molecule has 1 saturated carbocycles. The van der Waals surface area contributed by atoms with E-state index in [2.05, 4.69) is 0 Å². The van der Waals surface area contributed by atoms with Gasteiger partial charge >= 0.3 is 5.97 Å². The maximum absolute atomic E-state index is 13.0. The number of hydrogen-bond acceptors (Lipinski definition) is 2. The Kier molecular flexibility index (Phi) is 4.32. The van der Waals surface area contributed by atoms with Gasteiger partial charge in [0.15, 0.2) is 0 Å². The molecular weight excluding hydrogens is 266 g/mol. The maximum Gasteiger partial charge on any atom is 0.307 e. The predicted molar refractivity (Wildman–Crippen MR) is 79.7 cm³/mol. The van der Waals surface area contributed by atoms with Crippen LogP contribution in [0.3, 0.4) is 0 Å². The molecule has 4 unspecified atom stereocenters. The number of carboxylic acids is 1. The van der Waals surface area contributed by atoms with Crippen molar-refractivity contribution in [2.24, 2.45) is 17.8 Å². The molecule has 1 amide bonds. The van der Waals surface area contributed by atoms with E-state index in [1.54, 1.807) is 0 Å². The Balaban J connectivity index is 1.76. The topological polar surface area (TPSA) is 57.6 Å². The second-order valence-electron chi connectivity index (χ2n) is 6.78. The van der Waals surface area contributed by atoms with Crippen molar-refractivity contribution < 1.29 is 14.7 Å². The zero-order chi connectivity index (χ0) is 14.8. The summed E-state index contributed by atoms with van der Waals surface area (Å²) < 4.78 is 0. The van der Waals surface area contributed by atoms with Gasteiger partial charge in [0.1, 0.15) is 0 Å². The Morgan fingerprint density at radius 3 is 2.38 bits per heavy atom. The smallest absolute Gasteiger partial charge is 0.307 e. The minimum atomic E-state index is -0.824. The highest BCUT2D eigenvalue weighted by atomic mass is 16.4. The molecule has 0 aromatic rings. The molecule has 3 rings (SSSR count). The highest BCUT2D eigenvalue weighted by molar-refractivity contribution is 5.85. The normalized spacial score (nSPS) is 36.1. The first-order chi connectivity index (χ1) is 10.2. The number of hydrogen-bond donors (Lipinski definition) is 1. The molecule has 21 heavy (non-hydrogen) atoms. The summed E-state index contributed by atoms with van der Waals surface area (Å²) in [5.74, 6) is -0.961. The third-order valence-electron chi connectivity index (χ3n) is 5.59. The fourth-order valence-corrected chi connectivity index (χ4v) is 4.47. The first-order valence-electron chi connectivity index (χ1n) is 8.36. The van der Waals surface area contributed by atoms with Crippen molar-refractivity contribution in [3.63, 3.8) is 0 Å². The zero-order valence-electron chi connectivity index (χ0n) is 12.5. The summed E-state index contributed by atoms with van der Waals surface area (Å²) >= 11 is 0. The van der Waals surface area contributed by atoms with Crippen molar-refractivity contribution in [1.82, 2.24) is 4.90 Å². The number of allylic oxidation sites excluding steroid dienone is 2. The third-order valence-corrected chi connectivity index (χ3v) is 5.59. The largest absolute Gasteiger partial charge is 0.481 e. The number of amides is 1. The van der Waals surface area contributed by atoms with Crippen LogP contribution in [0.2, 0.25) is 0 Å². The maximum atomic E-state index is 13.0. The van der Waals surface area contributed by atoms with E-state index in [0.717, 1.165) is 19.4 Å². The van der Waals surface area contributed by atoms with Crippen molar-refractivity contribution in [2.75, 3.05) is 6.54 Å². The molecule has 0 bridgehead atoms. The number of fused-ring (bicyclic) bond motifs is 1. The van der Waals surface area contributed by atoms with Gasteiger partial charge in [0.2, 0.25) is 5.91 Å². The Morgan fingerprint density at radius 1 is 0.952 bits per heavy atom. The Hall–Kier alpha value is -1.32. The van der Waals surface area contributed by atoms with Gasteiger partial charge in [0.25, 0.3) is 0 Å². The van der Waals surface area contributed by atoms with E-state index in [0.29, 0.717) is 24.8 Å². The predicted octanol–water partition coefficient (Wildman–Crippen LogP) is 2.83. The molecule has 0 aromatic heterocycles. The Labute approximate surface area is 126 Å². The highest BCUT2D eigenvalue weighted by Gasteiger charge is 2.41. The fourth-order valence-electron chi connectivity index (χ4n) is 4.47. The van der Waals surface area contributed by atoms with Crippen LogP contribution in [-0.4, -0.2) is 34.5 Å². The van der Waals surface area contributed by atoms with Gasteiger partial charge < -0.3 is 10.0 Å². The van der Waals surface area contributed by atoms with Gasteiger partial charge in [-0.3, -0.25) is 9.59 Å². The minimum absolute atomic E-state index is 0.100. The average Bonchev–Trinajstić information content (AvgIpc) is 2.53. The summed E-state index contributed by atoms with van der Waals surface area (Å²) in [5.41, 5.74) is 0. The lowest BCUT2D eigenvalue weighted by molar-refractivity contribution is -0.153. The van der Waals surface area contributed by atoms with Gasteiger partial charge in [-0.25, -0.2) is 0 Å². The molecule has 1 N–H and O–H groups in total. The summed E-state index contributed by atoms with van der Waals surface area (Å²) in [6.07, 6.45) is 12.1. The van der Waals surface area contributed by atoms with E-state index in [4.69, 9.17) is 0 Å². The summed E-state index contributed by atoms with van der Waals surface area (Å²) in [6.45, 7) is 0.826. The molecular formula is C17H25NO3.